The van der Waals surface area contributed by atoms with E-state index < -0.39 is 0 Å². The van der Waals surface area contributed by atoms with Crippen molar-refractivity contribution in [2.75, 3.05) is 25.0 Å². The Kier molecular flexibility index (Phi) is 6.09. The predicted octanol–water partition coefficient (Wildman–Crippen LogP) is 3.57. The second-order valence-electron chi connectivity index (χ2n) is 7.12. The van der Waals surface area contributed by atoms with E-state index in [2.05, 4.69) is 40.2 Å². The second-order valence-corrected chi connectivity index (χ2v) is 7.12. The summed E-state index contributed by atoms with van der Waals surface area (Å²) in [5.41, 5.74) is 3.25. The van der Waals surface area contributed by atoms with E-state index in [0.717, 1.165) is 11.4 Å². The van der Waals surface area contributed by atoms with Gasteiger partial charge in [-0.2, -0.15) is 0 Å². The van der Waals surface area contributed by atoms with Gasteiger partial charge in [-0.1, -0.05) is 50.2 Å². The third-order valence-corrected chi connectivity index (χ3v) is 4.69. The zero-order valence-electron chi connectivity index (χ0n) is 16.9. The number of rotatable bonds is 7. The van der Waals surface area contributed by atoms with Gasteiger partial charge in [0.15, 0.2) is 0 Å². The summed E-state index contributed by atoms with van der Waals surface area (Å²) in [6.45, 7) is 7.36. The number of likely N-dealkylation sites (N-methyl/N-ethyl adjacent to an activating group) is 1. The van der Waals surface area contributed by atoms with Crippen LogP contribution in [0.4, 0.5) is 5.69 Å². The van der Waals surface area contributed by atoms with E-state index in [1.54, 1.807) is 4.68 Å². The molecule has 1 N–H and O–H groups in total. The van der Waals surface area contributed by atoms with Gasteiger partial charge in [-0.05, 0) is 36.6 Å². The van der Waals surface area contributed by atoms with Crippen LogP contribution in [0.25, 0.3) is 5.69 Å². The third-order valence-electron chi connectivity index (χ3n) is 4.69. The molecule has 1 heterocycles. The van der Waals surface area contributed by atoms with E-state index in [4.69, 9.17) is 0 Å². The van der Waals surface area contributed by atoms with Crippen LogP contribution in [-0.2, 0) is 0 Å². The molecule has 1 aromatic heterocycles. The summed E-state index contributed by atoms with van der Waals surface area (Å²) in [5, 5.41) is 7.37. The van der Waals surface area contributed by atoms with Gasteiger partial charge in [0.2, 0.25) is 5.82 Å². The maximum atomic E-state index is 12.5. The predicted molar refractivity (Wildman–Crippen MR) is 112 cm³/mol. The molecule has 3 rings (SSSR count). The molecule has 0 bridgehead atoms. The van der Waals surface area contributed by atoms with Crippen molar-refractivity contribution in [2.45, 2.75) is 26.7 Å². The lowest BCUT2D eigenvalue weighted by Gasteiger charge is -2.19. The number of para-hydroxylation sites is 2. The Labute approximate surface area is 166 Å². The molecule has 2 aromatic carbocycles. The van der Waals surface area contributed by atoms with Crippen LogP contribution in [0, 0.1) is 6.92 Å². The number of hydrogen-bond donors (Lipinski definition) is 1. The van der Waals surface area contributed by atoms with Crippen molar-refractivity contribution in [3.05, 3.63) is 71.8 Å². The number of nitrogens with zero attached hydrogens (tertiary/aromatic N) is 4. The van der Waals surface area contributed by atoms with E-state index in [9.17, 15) is 4.79 Å². The molecule has 0 atom stereocenters. The maximum absolute atomic E-state index is 12.5. The molecule has 0 aliphatic rings. The smallest absolute Gasteiger partial charge is 0.291 e. The number of nitrogens with one attached hydrogen (secondary N) is 1. The molecule has 0 fully saturated rings. The Morgan fingerprint density at radius 1 is 1.11 bits per heavy atom. The lowest BCUT2D eigenvalue weighted by molar-refractivity contribution is 0.0944. The first-order valence-corrected chi connectivity index (χ1v) is 9.54. The first-order valence-electron chi connectivity index (χ1n) is 9.54. The van der Waals surface area contributed by atoms with Crippen LogP contribution in [0.5, 0.6) is 0 Å². The van der Waals surface area contributed by atoms with Crippen LogP contribution in [0.15, 0.2) is 54.6 Å². The normalized spacial score (nSPS) is 10.9. The van der Waals surface area contributed by atoms with E-state index in [1.165, 1.54) is 5.56 Å². The number of anilines is 1. The number of aromatic nitrogens is 3. The van der Waals surface area contributed by atoms with Gasteiger partial charge in [0.05, 0.1) is 5.69 Å². The van der Waals surface area contributed by atoms with Crippen LogP contribution in [0.3, 0.4) is 0 Å². The minimum absolute atomic E-state index is 0.193. The minimum Gasteiger partial charge on any atom is -0.373 e. The summed E-state index contributed by atoms with van der Waals surface area (Å²) in [5.74, 6) is 0.981. The van der Waals surface area contributed by atoms with E-state index in [-0.39, 0.29) is 11.7 Å². The number of benzene rings is 2. The summed E-state index contributed by atoms with van der Waals surface area (Å²) >= 11 is 0. The van der Waals surface area contributed by atoms with Crippen molar-refractivity contribution >= 4 is 11.6 Å². The van der Waals surface area contributed by atoms with Gasteiger partial charge in [-0.3, -0.25) is 4.79 Å². The Bertz CT molecular complexity index is 933. The first-order chi connectivity index (χ1) is 13.5. The molecule has 1 amide bonds. The highest BCUT2D eigenvalue weighted by Gasteiger charge is 2.17. The molecule has 146 valence electrons. The van der Waals surface area contributed by atoms with E-state index >= 15 is 0 Å². The summed E-state index contributed by atoms with van der Waals surface area (Å²) in [6, 6.07) is 18.1. The van der Waals surface area contributed by atoms with Gasteiger partial charge in [-0.25, -0.2) is 9.67 Å². The molecule has 0 unspecified atom stereocenters. The number of amides is 1. The van der Waals surface area contributed by atoms with Gasteiger partial charge >= 0.3 is 0 Å². The molecule has 28 heavy (non-hydrogen) atoms. The van der Waals surface area contributed by atoms with Crippen LogP contribution >= 0.6 is 0 Å². The van der Waals surface area contributed by atoms with Crippen LogP contribution < -0.4 is 10.2 Å². The molecular weight excluding hydrogens is 350 g/mol. The Balaban J connectivity index is 1.67. The standard InChI is InChI=1S/C22H27N5O/c1-16(2)19-12-8-9-13-20(19)27-17(3)24-21(25-27)22(28)23-14-15-26(4)18-10-6-5-7-11-18/h5-13,16H,14-15H2,1-4H3,(H,23,28). The molecule has 0 aliphatic carbocycles. The van der Waals surface area contributed by atoms with Crippen molar-refractivity contribution in [1.82, 2.24) is 20.1 Å². The highest BCUT2D eigenvalue weighted by molar-refractivity contribution is 5.90. The van der Waals surface area contributed by atoms with Crippen LogP contribution in [0.2, 0.25) is 0 Å². The maximum Gasteiger partial charge on any atom is 0.291 e. The molecular formula is C22H27N5O. The number of hydrogen-bond acceptors (Lipinski definition) is 4. The zero-order chi connectivity index (χ0) is 20.1. The molecule has 0 aliphatic heterocycles. The average molecular weight is 377 g/mol. The number of carbonyl (C=O) groups is 1. The Morgan fingerprint density at radius 2 is 1.79 bits per heavy atom. The lowest BCUT2D eigenvalue weighted by Crippen LogP contribution is -2.33. The van der Waals surface area contributed by atoms with Crippen LogP contribution in [-0.4, -0.2) is 40.8 Å². The fraction of sp³-hybridized carbons (Fsp3) is 0.318. The number of aryl methyl sites for hydroxylation is 1. The molecule has 0 saturated heterocycles. The summed E-state index contributed by atoms with van der Waals surface area (Å²) in [7, 11) is 2.00. The lowest BCUT2D eigenvalue weighted by atomic mass is 10.0. The van der Waals surface area contributed by atoms with Crippen LogP contribution in [0.1, 0.15) is 41.8 Å². The van der Waals surface area contributed by atoms with Crippen molar-refractivity contribution in [2.24, 2.45) is 0 Å². The van der Waals surface area contributed by atoms with Crippen molar-refractivity contribution < 1.29 is 4.79 Å². The van der Waals surface area contributed by atoms with Gasteiger partial charge in [-0.15, -0.1) is 5.10 Å². The molecule has 3 aromatic rings. The SMILES string of the molecule is Cc1nc(C(=O)NCCN(C)c2ccccc2)nn1-c1ccccc1C(C)C. The summed E-state index contributed by atoms with van der Waals surface area (Å²) in [4.78, 5) is 19.0. The molecule has 0 saturated carbocycles. The van der Waals surface area contributed by atoms with Crippen molar-refractivity contribution in [3.63, 3.8) is 0 Å². The first kappa shape index (κ1) is 19.6. The molecule has 6 nitrogen and oxygen atoms in total. The Morgan fingerprint density at radius 3 is 2.50 bits per heavy atom. The minimum atomic E-state index is -0.259. The van der Waals surface area contributed by atoms with E-state index in [1.807, 2.05) is 62.5 Å². The van der Waals surface area contributed by atoms with Gasteiger partial charge < -0.3 is 10.2 Å². The largest absolute Gasteiger partial charge is 0.373 e. The highest BCUT2D eigenvalue weighted by Crippen LogP contribution is 2.23. The average Bonchev–Trinajstić information content (AvgIpc) is 3.10. The molecule has 0 spiro atoms. The summed E-state index contributed by atoms with van der Waals surface area (Å²) < 4.78 is 1.75. The monoisotopic (exact) mass is 377 g/mol. The van der Waals surface area contributed by atoms with Crippen molar-refractivity contribution in [3.8, 4) is 5.69 Å². The van der Waals surface area contributed by atoms with Gasteiger partial charge in [0, 0.05) is 25.8 Å². The topological polar surface area (TPSA) is 63.1 Å². The highest BCUT2D eigenvalue weighted by atomic mass is 16.2. The van der Waals surface area contributed by atoms with Crippen molar-refractivity contribution in [1.29, 1.82) is 0 Å². The van der Waals surface area contributed by atoms with E-state index in [0.29, 0.717) is 24.8 Å². The quantitative estimate of drug-likeness (QED) is 0.684. The van der Waals surface area contributed by atoms with Gasteiger partial charge in [0.25, 0.3) is 5.91 Å². The molecule has 6 heteroatoms. The number of carbonyl (C=O) groups excluding carboxylic acids is 1. The fourth-order valence-electron chi connectivity index (χ4n) is 3.11. The Hall–Kier alpha value is -3.15. The second kappa shape index (κ2) is 8.69. The summed E-state index contributed by atoms with van der Waals surface area (Å²) in [6.07, 6.45) is 0. The zero-order valence-corrected chi connectivity index (χ0v) is 16.9. The van der Waals surface area contributed by atoms with Gasteiger partial charge in [0.1, 0.15) is 5.82 Å². The third kappa shape index (κ3) is 4.39. The fourth-order valence-corrected chi connectivity index (χ4v) is 3.11. The molecule has 0 radical (unpaired) electrons.